The van der Waals surface area contributed by atoms with Crippen LogP contribution < -0.4 is 14.4 Å². The first-order chi connectivity index (χ1) is 21.1. The number of carbonyl (C=O) groups excluding carboxylic acids is 2. The summed E-state index contributed by atoms with van der Waals surface area (Å²) >= 11 is 6.04. The van der Waals surface area contributed by atoms with Gasteiger partial charge in [-0.1, -0.05) is 71.8 Å². The van der Waals surface area contributed by atoms with Crippen LogP contribution in [-0.4, -0.2) is 51.4 Å². The quantitative estimate of drug-likeness (QED) is 0.206. The van der Waals surface area contributed by atoms with Crippen molar-refractivity contribution in [2.75, 3.05) is 24.5 Å². The third kappa shape index (κ3) is 8.18. The maximum atomic E-state index is 14.3. The molecule has 8 nitrogen and oxygen atoms in total. The van der Waals surface area contributed by atoms with E-state index in [-0.39, 0.29) is 29.5 Å². The van der Waals surface area contributed by atoms with E-state index in [1.807, 2.05) is 68.4 Å². The van der Waals surface area contributed by atoms with Crippen molar-refractivity contribution in [2.45, 2.75) is 37.8 Å². The molecule has 0 aliphatic rings. The third-order valence-electron chi connectivity index (χ3n) is 7.11. The second kappa shape index (κ2) is 14.9. The second-order valence-electron chi connectivity index (χ2n) is 10.2. The van der Waals surface area contributed by atoms with Gasteiger partial charge in [0.25, 0.3) is 10.0 Å². The Morgan fingerprint density at radius 1 is 0.864 bits per heavy atom. The molecule has 1 N–H and O–H groups in total. The van der Waals surface area contributed by atoms with E-state index in [9.17, 15) is 18.0 Å². The maximum Gasteiger partial charge on any atom is 0.264 e. The minimum absolute atomic E-state index is 0.0270. The Bertz CT molecular complexity index is 1650. The summed E-state index contributed by atoms with van der Waals surface area (Å²) in [5, 5.41) is 3.07. The molecular formula is C34H36ClN3O5S. The molecular weight excluding hydrogens is 598 g/mol. The van der Waals surface area contributed by atoms with Gasteiger partial charge in [-0.15, -0.1) is 0 Å². The zero-order valence-corrected chi connectivity index (χ0v) is 26.5. The van der Waals surface area contributed by atoms with Crippen LogP contribution in [0.4, 0.5) is 5.69 Å². The highest BCUT2D eigenvalue weighted by molar-refractivity contribution is 7.92. The summed E-state index contributed by atoms with van der Waals surface area (Å²) in [5.74, 6) is -0.334. The number of likely N-dealkylation sites (N-methyl/N-ethyl adjacent to an activating group) is 1. The lowest BCUT2D eigenvalue weighted by atomic mass is 10.0. The third-order valence-corrected chi connectivity index (χ3v) is 9.15. The monoisotopic (exact) mass is 633 g/mol. The number of hydrogen-bond donors (Lipinski definition) is 1. The van der Waals surface area contributed by atoms with Gasteiger partial charge in [0.05, 0.1) is 17.2 Å². The summed E-state index contributed by atoms with van der Waals surface area (Å²) in [7, 11) is -2.71. The molecule has 0 aliphatic carbocycles. The van der Waals surface area contributed by atoms with Crippen LogP contribution in [0.15, 0.2) is 108 Å². The number of nitrogens with zero attached hydrogens (tertiary/aromatic N) is 2. The first-order valence-corrected chi connectivity index (χ1v) is 16.1. The fourth-order valence-electron chi connectivity index (χ4n) is 4.75. The Hall–Kier alpha value is -4.34. The van der Waals surface area contributed by atoms with Gasteiger partial charge in [-0.25, -0.2) is 8.42 Å². The highest BCUT2D eigenvalue weighted by Gasteiger charge is 2.34. The smallest absolute Gasteiger partial charge is 0.264 e. The van der Waals surface area contributed by atoms with Gasteiger partial charge in [0.2, 0.25) is 11.8 Å². The van der Waals surface area contributed by atoms with Crippen LogP contribution in [0.2, 0.25) is 5.02 Å². The second-order valence-corrected chi connectivity index (χ2v) is 12.5. The molecule has 2 amide bonds. The number of hydrogen-bond acceptors (Lipinski definition) is 5. The fourth-order valence-corrected chi connectivity index (χ4v) is 6.29. The number of nitrogens with one attached hydrogen (secondary N) is 1. The van der Waals surface area contributed by atoms with E-state index in [0.717, 1.165) is 21.0 Å². The molecule has 0 aliphatic heterocycles. The number of anilines is 1. The molecule has 4 aromatic rings. The van der Waals surface area contributed by atoms with Crippen LogP contribution in [0.25, 0.3) is 0 Å². The predicted octanol–water partition coefficient (Wildman–Crippen LogP) is 5.63. The van der Waals surface area contributed by atoms with Crippen LogP contribution in [0.3, 0.4) is 0 Å². The van der Waals surface area contributed by atoms with E-state index in [1.165, 1.54) is 36.2 Å². The lowest BCUT2D eigenvalue weighted by molar-refractivity contribution is -0.139. The molecule has 1 unspecified atom stereocenters. The van der Waals surface area contributed by atoms with Crippen LogP contribution in [0.1, 0.15) is 23.6 Å². The van der Waals surface area contributed by atoms with Crippen LogP contribution in [0.5, 0.6) is 5.75 Å². The largest absolute Gasteiger partial charge is 0.494 e. The van der Waals surface area contributed by atoms with Crippen molar-refractivity contribution in [2.24, 2.45) is 0 Å². The van der Waals surface area contributed by atoms with Gasteiger partial charge >= 0.3 is 0 Å². The Labute approximate surface area is 264 Å². The zero-order valence-electron chi connectivity index (χ0n) is 24.9. The van der Waals surface area contributed by atoms with Crippen molar-refractivity contribution in [1.29, 1.82) is 0 Å². The Balaban J connectivity index is 1.78. The van der Waals surface area contributed by atoms with E-state index in [0.29, 0.717) is 17.4 Å². The first-order valence-electron chi connectivity index (χ1n) is 14.2. The summed E-state index contributed by atoms with van der Waals surface area (Å²) in [5.41, 5.74) is 2.99. The number of rotatable bonds is 13. The van der Waals surface area contributed by atoms with Crippen molar-refractivity contribution in [1.82, 2.24) is 10.2 Å². The van der Waals surface area contributed by atoms with Crippen molar-refractivity contribution in [3.8, 4) is 5.75 Å². The van der Waals surface area contributed by atoms with Gasteiger partial charge in [-0.3, -0.25) is 13.9 Å². The van der Waals surface area contributed by atoms with Gasteiger partial charge in [0.1, 0.15) is 18.3 Å². The van der Waals surface area contributed by atoms with Gasteiger partial charge in [-0.2, -0.15) is 0 Å². The van der Waals surface area contributed by atoms with Gasteiger partial charge < -0.3 is 15.0 Å². The number of amides is 2. The van der Waals surface area contributed by atoms with Crippen molar-refractivity contribution >= 4 is 39.1 Å². The van der Waals surface area contributed by atoms with Crippen molar-refractivity contribution < 1.29 is 22.7 Å². The minimum atomic E-state index is -4.23. The van der Waals surface area contributed by atoms with E-state index in [1.54, 1.807) is 24.3 Å². The summed E-state index contributed by atoms with van der Waals surface area (Å²) in [6, 6.07) is 28.4. The molecule has 0 radical (unpaired) electrons. The Morgan fingerprint density at radius 3 is 2.09 bits per heavy atom. The molecule has 0 bridgehead atoms. The molecule has 4 rings (SSSR count). The summed E-state index contributed by atoms with van der Waals surface area (Å²) in [4.78, 5) is 29.1. The average molecular weight is 634 g/mol. The molecule has 1 atom stereocenters. The number of carbonyl (C=O) groups is 2. The summed E-state index contributed by atoms with van der Waals surface area (Å²) in [6.45, 7) is 3.81. The van der Waals surface area contributed by atoms with Crippen LogP contribution >= 0.6 is 11.6 Å². The molecule has 0 saturated heterocycles. The Morgan fingerprint density at radius 2 is 1.50 bits per heavy atom. The number of ether oxygens (including phenoxy) is 1. The van der Waals surface area contributed by atoms with Gasteiger partial charge in [0.15, 0.2) is 0 Å². The average Bonchev–Trinajstić information content (AvgIpc) is 3.03. The van der Waals surface area contributed by atoms with E-state index < -0.39 is 28.5 Å². The Kier molecular flexibility index (Phi) is 11.0. The maximum absolute atomic E-state index is 14.3. The number of sulfonamides is 1. The summed E-state index contributed by atoms with van der Waals surface area (Å²) < 4.78 is 34.7. The normalized spacial score (nSPS) is 11.8. The molecule has 230 valence electrons. The number of halogens is 1. The van der Waals surface area contributed by atoms with E-state index >= 15 is 0 Å². The first kappa shape index (κ1) is 32.6. The fraction of sp³-hybridized carbons (Fsp3) is 0.235. The van der Waals surface area contributed by atoms with Crippen LogP contribution in [-0.2, 0) is 32.6 Å². The SMILES string of the molecule is CCOc1ccc(N(CC(=O)N(Cc2ccc(C)cc2)C(Cc2ccccc2)C(=O)NC)S(=O)(=O)c2ccc(Cl)cc2)cc1. The molecule has 10 heteroatoms. The highest BCUT2D eigenvalue weighted by atomic mass is 35.5. The lowest BCUT2D eigenvalue weighted by Gasteiger charge is -2.33. The predicted molar refractivity (Wildman–Crippen MR) is 173 cm³/mol. The number of aryl methyl sites for hydroxylation is 1. The molecule has 4 aromatic carbocycles. The van der Waals surface area contributed by atoms with Gasteiger partial charge in [0, 0.05) is 25.0 Å². The van der Waals surface area contributed by atoms with E-state index in [2.05, 4.69) is 5.32 Å². The zero-order chi connectivity index (χ0) is 31.7. The molecule has 44 heavy (non-hydrogen) atoms. The molecule has 0 aromatic heterocycles. The summed E-state index contributed by atoms with van der Waals surface area (Å²) in [6.07, 6.45) is 0.241. The van der Waals surface area contributed by atoms with Crippen LogP contribution in [0, 0.1) is 6.92 Å². The molecule has 0 spiro atoms. The standard InChI is InChI=1S/C34H36ClN3O5S/c1-4-43-30-18-16-29(17-19-30)38(44(41,42)31-20-14-28(35)15-21-31)24-33(39)37(23-27-12-10-25(2)11-13-27)32(34(40)36-3)22-26-8-6-5-7-9-26/h5-21,32H,4,22-24H2,1-3H3,(H,36,40). The number of benzene rings is 4. The molecule has 0 fully saturated rings. The van der Waals surface area contributed by atoms with Gasteiger partial charge in [-0.05, 0) is 73.5 Å². The van der Waals surface area contributed by atoms with Crippen molar-refractivity contribution in [3.63, 3.8) is 0 Å². The highest BCUT2D eigenvalue weighted by Crippen LogP contribution is 2.28. The molecule has 0 heterocycles. The molecule has 0 saturated carbocycles. The minimum Gasteiger partial charge on any atom is -0.494 e. The lowest BCUT2D eigenvalue weighted by Crippen LogP contribution is -2.53. The van der Waals surface area contributed by atoms with E-state index in [4.69, 9.17) is 16.3 Å². The van der Waals surface area contributed by atoms with Crippen molar-refractivity contribution in [3.05, 3.63) is 125 Å². The topological polar surface area (TPSA) is 96.0 Å².